The van der Waals surface area contributed by atoms with E-state index < -0.39 is 23.2 Å². The van der Waals surface area contributed by atoms with Gasteiger partial charge in [-0.25, -0.2) is 8.78 Å². The van der Waals surface area contributed by atoms with E-state index in [4.69, 9.17) is 5.84 Å². The van der Waals surface area contributed by atoms with Crippen molar-refractivity contribution in [2.75, 3.05) is 26.1 Å². The van der Waals surface area contributed by atoms with E-state index in [1.54, 1.807) is 0 Å². The van der Waals surface area contributed by atoms with Crippen molar-refractivity contribution in [3.63, 3.8) is 0 Å². The Morgan fingerprint density at radius 2 is 1.81 bits per heavy atom. The number of likely N-dealkylation sites (N-methyl/N-ethyl adjacent to an activating group) is 1. The largest absolute Gasteiger partial charge is 0.348 e. The van der Waals surface area contributed by atoms with Crippen molar-refractivity contribution in [2.45, 2.75) is 19.9 Å². The number of nitrogens with one attached hydrogen (secondary N) is 2. The Bertz CT molecular complexity index is 483. The van der Waals surface area contributed by atoms with Crippen LogP contribution >= 0.6 is 0 Å². The van der Waals surface area contributed by atoms with E-state index in [-0.39, 0.29) is 17.5 Å². The summed E-state index contributed by atoms with van der Waals surface area (Å²) in [6, 6.07) is 1.80. The van der Waals surface area contributed by atoms with E-state index >= 15 is 0 Å². The highest BCUT2D eigenvalue weighted by Crippen LogP contribution is 2.20. The number of hydrazine groups is 1. The molecule has 1 atom stereocenters. The number of hydrogen-bond donors (Lipinski definition) is 3. The molecule has 0 aromatic heterocycles. The third kappa shape index (κ3) is 4.64. The van der Waals surface area contributed by atoms with E-state index in [2.05, 4.69) is 5.32 Å². The van der Waals surface area contributed by atoms with Crippen LogP contribution in [0, 0.1) is 17.6 Å². The summed E-state index contributed by atoms with van der Waals surface area (Å²) < 4.78 is 27.2. The lowest BCUT2D eigenvalue weighted by atomic mass is 10.0. The van der Waals surface area contributed by atoms with Crippen LogP contribution < -0.4 is 16.6 Å². The molecule has 0 heterocycles. The van der Waals surface area contributed by atoms with Gasteiger partial charge in [0.05, 0.1) is 0 Å². The maximum absolute atomic E-state index is 13.6. The predicted octanol–water partition coefficient (Wildman–Crippen LogP) is 1.57. The number of halogens is 2. The van der Waals surface area contributed by atoms with Crippen molar-refractivity contribution in [2.24, 2.45) is 11.8 Å². The van der Waals surface area contributed by atoms with Crippen LogP contribution in [-0.4, -0.2) is 37.5 Å². The molecule has 0 aliphatic rings. The molecule has 1 amide bonds. The summed E-state index contributed by atoms with van der Waals surface area (Å²) in [5.74, 6) is 2.88. The number of nitrogens with zero attached hydrogens (tertiary/aromatic N) is 1. The minimum atomic E-state index is -0.906. The normalized spacial score (nSPS) is 12.6. The Hall–Kier alpha value is -1.73. The van der Waals surface area contributed by atoms with Gasteiger partial charge in [0.25, 0.3) is 5.91 Å². The molecule has 1 rings (SSSR count). The topological polar surface area (TPSA) is 70.4 Å². The van der Waals surface area contributed by atoms with Crippen molar-refractivity contribution in [3.05, 3.63) is 29.3 Å². The Kier molecular flexibility index (Phi) is 6.04. The molecule has 21 heavy (non-hydrogen) atoms. The molecule has 7 heteroatoms. The molecular weight excluding hydrogens is 278 g/mol. The molecule has 0 bridgehead atoms. The molecule has 1 aromatic rings. The van der Waals surface area contributed by atoms with E-state index in [1.807, 2.05) is 38.3 Å². The zero-order chi connectivity index (χ0) is 16.2. The van der Waals surface area contributed by atoms with Gasteiger partial charge in [0.15, 0.2) is 11.6 Å². The molecule has 118 valence electrons. The number of carbonyl (C=O) groups excluding carboxylic acids is 1. The molecular formula is C14H22F2N4O. The first-order valence-corrected chi connectivity index (χ1v) is 6.67. The van der Waals surface area contributed by atoms with Gasteiger partial charge in [-0.15, -0.1) is 0 Å². The highest BCUT2D eigenvalue weighted by molar-refractivity contribution is 5.94. The van der Waals surface area contributed by atoms with Crippen LogP contribution in [-0.2, 0) is 0 Å². The summed E-state index contributed by atoms with van der Waals surface area (Å²) in [4.78, 5) is 14.1. The number of anilines is 1. The molecule has 5 nitrogen and oxygen atoms in total. The Balaban J connectivity index is 2.93. The number of rotatable bonds is 6. The minimum absolute atomic E-state index is 0.0755. The van der Waals surface area contributed by atoms with Crippen molar-refractivity contribution < 1.29 is 13.6 Å². The molecule has 4 N–H and O–H groups in total. The third-order valence-corrected chi connectivity index (χ3v) is 3.13. The summed E-state index contributed by atoms with van der Waals surface area (Å²) in [6.45, 7) is 4.57. The van der Waals surface area contributed by atoms with Gasteiger partial charge >= 0.3 is 0 Å². The number of carbonyl (C=O) groups is 1. The fourth-order valence-electron chi connectivity index (χ4n) is 1.91. The number of benzene rings is 1. The first-order chi connectivity index (χ1) is 9.76. The van der Waals surface area contributed by atoms with Gasteiger partial charge < -0.3 is 15.6 Å². The molecule has 1 aromatic carbocycles. The van der Waals surface area contributed by atoms with Crippen molar-refractivity contribution in [1.82, 2.24) is 10.2 Å². The molecule has 1 unspecified atom stereocenters. The smallest absolute Gasteiger partial charge is 0.251 e. The summed E-state index contributed by atoms with van der Waals surface area (Å²) >= 11 is 0. The highest BCUT2D eigenvalue weighted by atomic mass is 19.1. The number of hydrogen-bond acceptors (Lipinski definition) is 4. The minimum Gasteiger partial charge on any atom is -0.348 e. The van der Waals surface area contributed by atoms with Crippen molar-refractivity contribution in [1.29, 1.82) is 0 Å². The lowest BCUT2D eigenvalue weighted by molar-refractivity contribution is 0.0915. The molecule has 0 aliphatic carbocycles. The molecule has 0 fully saturated rings. The molecule has 0 spiro atoms. The van der Waals surface area contributed by atoms with E-state index in [1.165, 1.54) is 0 Å². The van der Waals surface area contributed by atoms with Gasteiger partial charge in [-0.05, 0) is 32.1 Å². The van der Waals surface area contributed by atoms with Gasteiger partial charge in [-0.1, -0.05) is 13.8 Å². The van der Waals surface area contributed by atoms with Gasteiger partial charge in [0, 0.05) is 18.2 Å². The molecule has 0 saturated carbocycles. The van der Waals surface area contributed by atoms with Crippen LogP contribution in [0.15, 0.2) is 12.1 Å². The van der Waals surface area contributed by atoms with Crippen LogP contribution in [0.4, 0.5) is 14.5 Å². The van der Waals surface area contributed by atoms with Crippen LogP contribution in [0.2, 0.25) is 0 Å². The van der Waals surface area contributed by atoms with E-state index in [9.17, 15) is 13.6 Å². The van der Waals surface area contributed by atoms with Gasteiger partial charge in [-0.2, -0.15) is 0 Å². The standard InChI is InChI=1S/C14H22F2N4O/c1-8(2)12(7-20(3)4)18-14(21)9-5-10(15)13(19-17)11(16)6-9/h5-6,8,12,19H,7,17H2,1-4H3,(H,18,21). The lowest BCUT2D eigenvalue weighted by Gasteiger charge is -2.25. The van der Waals surface area contributed by atoms with Crippen molar-refractivity contribution >= 4 is 11.6 Å². The summed E-state index contributed by atoms with van der Waals surface area (Å²) in [5.41, 5.74) is 1.39. The van der Waals surface area contributed by atoms with Crippen LogP contribution in [0.1, 0.15) is 24.2 Å². The SMILES string of the molecule is CC(C)C(CN(C)C)NC(=O)c1cc(F)c(NN)c(F)c1. The van der Waals surface area contributed by atoms with Crippen molar-refractivity contribution in [3.8, 4) is 0 Å². The monoisotopic (exact) mass is 300 g/mol. The van der Waals surface area contributed by atoms with E-state index in [0.29, 0.717) is 6.54 Å². The Morgan fingerprint density at radius 3 is 2.19 bits per heavy atom. The van der Waals surface area contributed by atoms with Crippen LogP contribution in [0.25, 0.3) is 0 Å². The van der Waals surface area contributed by atoms with Gasteiger partial charge in [0.2, 0.25) is 0 Å². The number of amides is 1. The zero-order valence-corrected chi connectivity index (χ0v) is 12.7. The average Bonchev–Trinajstić information content (AvgIpc) is 2.36. The zero-order valence-electron chi connectivity index (χ0n) is 12.7. The van der Waals surface area contributed by atoms with Gasteiger partial charge in [-0.3, -0.25) is 10.6 Å². The summed E-state index contributed by atoms with van der Waals surface area (Å²) in [6.07, 6.45) is 0. The molecule has 0 aliphatic heterocycles. The van der Waals surface area contributed by atoms with Gasteiger partial charge in [0.1, 0.15) is 5.69 Å². The fourth-order valence-corrected chi connectivity index (χ4v) is 1.91. The second-order valence-corrected chi connectivity index (χ2v) is 5.55. The maximum atomic E-state index is 13.6. The maximum Gasteiger partial charge on any atom is 0.251 e. The fraction of sp³-hybridized carbons (Fsp3) is 0.500. The second-order valence-electron chi connectivity index (χ2n) is 5.55. The second kappa shape index (κ2) is 7.33. The highest BCUT2D eigenvalue weighted by Gasteiger charge is 2.20. The Morgan fingerprint density at radius 1 is 1.29 bits per heavy atom. The van der Waals surface area contributed by atoms with Crippen LogP contribution in [0.5, 0.6) is 0 Å². The molecule has 0 radical (unpaired) electrons. The average molecular weight is 300 g/mol. The van der Waals surface area contributed by atoms with Crippen LogP contribution in [0.3, 0.4) is 0 Å². The first-order valence-electron chi connectivity index (χ1n) is 6.67. The number of nitrogen functional groups attached to an aromatic ring is 1. The third-order valence-electron chi connectivity index (χ3n) is 3.13. The van der Waals surface area contributed by atoms with E-state index in [0.717, 1.165) is 12.1 Å². The predicted molar refractivity (Wildman–Crippen MR) is 78.8 cm³/mol. The quantitative estimate of drug-likeness (QED) is 0.551. The number of nitrogens with two attached hydrogens (primary N) is 1. The first kappa shape index (κ1) is 17.3. The molecule has 0 saturated heterocycles. The summed E-state index contributed by atoms with van der Waals surface area (Å²) in [5, 5.41) is 2.79. The lowest BCUT2D eigenvalue weighted by Crippen LogP contribution is -2.45. The summed E-state index contributed by atoms with van der Waals surface area (Å²) in [7, 11) is 3.78. The Labute approximate surface area is 123 Å².